The molecule has 318 valence electrons. The van der Waals surface area contributed by atoms with Crippen LogP contribution in [0.25, 0.3) is 33.6 Å². The number of fused-ring (bicyclic) bond motifs is 6. The smallest absolute Gasteiger partial charge is 0.407 e. The highest BCUT2D eigenvalue weighted by molar-refractivity contribution is 5.87. The van der Waals surface area contributed by atoms with Crippen LogP contribution in [-0.4, -0.2) is 92.5 Å². The number of rotatable bonds is 10. The van der Waals surface area contributed by atoms with Crippen LogP contribution in [-0.2, 0) is 33.7 Å². The summed E-state index contributed by atoms with van der Waals surface area (Å²) in [4.78, 5) is 59.1. The highest BCUT2D eigenvalue weighted by Crippen LogP contribution is 2.46. The van der Waals surface area contributed by atoms with Gasteiger partial charge in [-0.15, -0.1) is 0 Å². The summed E-state index contributed by atoms with van der Waals surface area (Å²) in [5, 5.41) is 17.3. The number of carbonyl (C=O) groups excluding carboxylic acids is 3. The van der Waals surface area contributed by atoms with E-state index in [1.807, 2.05) is 60.2 Å². The van der Waals surface area contributed by atoms with Crippen molar-refractivity contribution < 1.29 is 33.7 Å². The van der Waals surface area contributed by atoms with E-state index in [0.29, 0.717) is 19.7 Å². The van der Waals surface area contributed by atoms with Crippen molar-refractivity contribution in [3.05, 3.63) is 101 Å². The Labute approximate surface area is 354 Å². The molecule has 5 N–H and O–H groups in total. The Bertz CT molecular complexity index is 2450. The molecular formula is C46H52N8O7. The number of likely N-dealkylation sites (tertiary alicyclic amines) is 2. The maximum absolute atomic E-state index is 13.8. The van der Waals surface area contributed by atoms with E-state index < -0.39 is 30.5 Å². The number of aryl methyl sites for hydroxylation is 2. The molecule has 1 aliphatic carbocycles. The molecule has 4 aliphatic rings. The third-order valence-electron chi connectivity index (χ3n) is 12.7. The van der Waals surface area contributed by atoms with Crippen molar-refractivity contribution in [1.29, 1.82) is 0 Å². The molecule has 2 aromatic heterocycles. The van der Waals surface area contributed by atoms with Gasteiger partial charge in [0.25, 0.3) is 0 Å². The van der Waals surface area contributed by atoms with Gasteiger partial charge in [-0.25, -0.2) is 19.6 Å². The molecule has 5 aromatic rings. The number of H-pyrrole nitrogens is 2. The molecule has 5 atom stereocenters. The van der Waals surface area contributed by atoms with Gasteiger partial charge in [-0.1, -0.05) is 56.3 Å². The maximum Gasteiger partial charge on any atom is 0.407 e. The zero-order valence-electron chi connectivity index (χ0n) is 34.9. The lowest BCUT2D eigenvalue weighted by molar-refractivity contribution is -0.135. The van der Waals surface area contributed by atoms with E-state index in [0.717, 1.165) is 106 Å². The number of imidazole rings is 2. The van der Waals surface area contributed by atoms with E-state index in [1.54, 1.807) is 0 Å². The average molecular weight is 829 g/mol. The fourth-order valence-corrected chi connectivity index (χ4v) is 9.54. The molecule has 0 saturated carbocycles. The van der Waals surface area contributed by atoms with E-state index in [2.05, 4.69) is 50.9 Å². The number of hydrogen-bond donors (Lipinski definition) is 5. The molecule has 15 nitrogen and oxygen atoms in total. The van der Waals surface area contributed by atoms with Crippen LogP contribution >= 0.6 is 0 Å². The molecule has 3 amide bonds. The van der Waals surface area contributed by atoms with Gasteiger partial charge in [0.1, 0.15) is 36.3 Å². The van der Waals surface area contributed by atoms with Gasteiger partial charge in [0, 0.05) is 29.9 Å². The van der Waals surface area contributed by atoms with E-state index in [-0.39, 0.29) is 23.9 Å². The second-order valence-corrected chi connectivity index (χ2v) is 16.7. The van der Waals surface area contributed by atoms with Gasteiger partial charge in [0.15, 0.2) is 0 Å². The Morgan fingerprint density at radius 2 is 1.62 bits per heavy atom. The van der Waals surface area contributed by atoms with Crippen LogP contribution in [0.4, 0.5) is 9.59 Å². The van der Waals surface area contributed by atoms with Crippen molar-refractivity contribution in [2.24, 2.45) is 5.92 Å². The zero-order valence-corrected chi connectivity index (χ0v) is 34.9. The Kier molecular flexibility index (Phi) is 11.0. The summed E-state index contributed by atoms with van der Waals surface area (Å²) in [6, 6.07) is 18.4. The van der Waals surface area contributed by atoms with Crippen LogP contribution in [0.3, 0.4) is 0 Å². The number of aromatic amines is 2. The molecule has 0 radical (unpaired) electrons. The summed E-state index contributed by atoms with van der Waals surface area (Å²) in [7, 11) is 2.61. The van der Waals surface area contributed by atoms with Crippen molar-refractivity contribution in [3.8, 4) is 39.4 Å². The third-order valence-corrected chi connectivity index (χ3v) is 12.7. The van der Waals surface area contributed by atoms with Crippen LogP contribution < -0.4 is 15.4 Å². The number of nitrogens with one attached hydrogen (secondary N) is 4. The number of methoxy groups -OCH3 is 2. The van der Waals surface area contributed by atoms with Gasteiger partial charge in [0.2, 0.25) is 5.91 Å². The fraction of sp³-hybridized carbons (Fsp3) is 0.413. The number of alkyl carbamates (subject to hydrolysis) is 2. The molecule has 3 aromatic carbocycles. The maximum atomic E-state index is 13.8. The number of nitrogens with zero attached hydrogens (tertiary/aromatic N) is 4. The largest absolute Gasteiger partial charge is 0.488 e. The minimum absolute atomic E-state index is 0.112. The summed E-state index contributed by atoms with van der Waals surface area (Å²) in [6.45, 7) is 5.47. The standard InChI is InChI=1S/C46H52N8O7/c1-25(2)38(51-45(57)59-3)43(55)54-19-9-13-36(54)42-48-33-17-15-27-21-32-30-16-14-28(20-29(30)24-61-37(32)22-31(27)40(33)50-42)34-23-47-41(49-34)35-12-8-18-53(35)44(56)39(52-46(58)60-4)26-10-6-5-7-11-26/h5-7,10-11,14,16,20-23,25,35-36,38-39,44,56H,8-9,12-13,15,17-19,24H2,1-4H3,(H,47,49)(H,48,50)(H,51,57)(H,52,58)/t35?,36-,38-,39+,44?/m0/s1. The third kappa shape index (κ3) is 7.61. The first-order valence-corrected chi connectivity index (χ1v) is 21.2. The summed E-state index contributed by atoms with van der Waals surface area (Å²) >= 11 is 0. The number of aliphatic hydroxyl groups excluding tert-OH is 1. The lowest BCUT2D eigenvalue weighted by Crippen LogP contribution is -2.51. The zero-order chi connectivity index (χ0) is 42.4. The number of benzene rings is 3. The van der Waals surface area contributed by atoms with Crippen LogP contribution in [0.1, 0.15) is 91.7 Å². The summed E-state index contributed by atoms with van der Waals surface area (Å²) in [5.41, 5.74) is 10.1. The molecule has 9 rings (SSSR count). The second-order valence-electron chi connectivity index (χ2n) is 16.7. The van der Waals surface area contributed by atoms with E-state index >= 15 is 0 Å². The van der Waals surface area contributed by atoms with Gasteiger partial charge in [-0.3, -0.25) is 9.69 Å². The van der Waals surface area contributed by atoms with Crippen molar-refractivity contribution in [3.63, 3.8) is 0 Å². The number of aliphatic hydroxyl groups is 1. The van der Waals surface area contributed by atoms with Crippen LogP contribution in [0.5, 0.6) is 5.75 Å². The van der Waals surface area contributed by atoms with Crippen LogP contribution in [0.2, 0.25) is 0 Å². The minimum atomic E-state index is -1.01. The van der Waals surface area contributed by atoms with Crippen molar-refractivity contribution >= 4 is 18.1 Å². The number of amides is 3. The van der Waals surface area contributed by atoms with Crippen molar-refractivity contribution in [1.82, 2.24) is 40.4 Å². The molecule has 5 heterocycles. The van der Waals surface area contributed by atoms with Gasteiger partial charge >= 0.3 is 12.2 Å². The fourth-order valence-electron chi connectivity index (χ4n) is 9.54. The summed E-state index contributed by atoms with van der Waals surface area (Å²) < 4.78 is 16.1. The molecular weight excluding hydrogens is 777 g/mol. The van der Waals surface area contributed by atoms with Crippen LogP contribution in [0.15, 0.2) is 66.9 Å². The molecule has 2 saturated heterocycles. The monoisotopic (exact) mass is 828 g/mol. The van der Waals surface area contributed by atoms with Gasteiger partial charge in [0.05, 0.1) is 49.9 Å². The lowest BCUT2D eigenvalue weighted by Gasteiger charge is -2.34. The van der Waals surface area contributed by atoms with Crippen molar-refractivity contribution in [2.75, 3.05) is 27.3 Å². The summed E-state index contributed by atoms with van der Waals surface area (Å²) in [6.07, 6.45) is 4.54. The first kappa shape index (κ1) is 40.2. The Hall–Kier alpha value is -6.19. The molecule has 2 unspecified atom stereocenters. The predicted molar refractivity (Wildman–Crippen MR) is 226 cm³/mol. The lowest BCUT2D eigenvalue weighted by atomic mass is 9.86. The topological polar surface area (TPSA) is 187 Å². The molecule has 0 spiro atoms. The first-order chi connectivity index (χ1) is 29.6. The first-order valence-electron chi connectivity index (χ1n) is 21.2. The molecule has 0 bridgehead atoms. The SMILES string of the molecule is COC(=O)N[C@H](C(=O)N1CCC[C@H]1c1nc2c([nH]1)CCc1cc3c(cc1-2)OCc1cc(-c2cnc(C4CCCN4C(O)[C@H](NC(=O)OC)c4ccccc4)[nH]2)ccc1-3)C(C)C. The Balaban J connectivity index is 0.933. The minimum Gasteiger partial charge on any atom is -0.488 e. The Morgan fingerprint density at radius 3 is 2.41 bits per heavy atom. The van der Waals surface area contributed by atoms with E-state index in [1.165, 1.54) is 19.8 Å². The van der Waals surface area contributed by atoms with Gasteiger partial charge in [-0.05, 0) is 90.5 Å². The number of aromatic nitrogens is 4. The number of ether oxygens (including phenoxy) is 3. The van der Waals surface area contributed by atoms with Gasteiger partial charge < -0.3 is 44.8 Å². The molecule has 15 heteroatoms. The highest BCUT2D eigenvalue weighted by Gasteiger charge is 2.40. The average Bonchev–Trinajstić information content (AvgIpc) is 4.13. The molecule has 61 heavy (non-hydrogen) atoms. The van der Waals surface area contributed by atoms with E-state index in [9.17, 15) is 19.5 Å². The van der Waals surface area contributed by atoms with Crippen LogP contribution in [0, 0.1) is 5.92 Å². The molecule has 2 fully saturated rings. The number of hydrogen-bond acceptors (Lipinski definition) is 10. The summed E-state index contributed by atoms with van der Waals surface area (Å²) in [5.74, 6) is 2.09. The Morgan fingerprint density at radius 1 is 0.852 bits per heavy atom. The molecule has 3 aliphatic heterocycles. The van der Waals surface area contributed by atoms with E-state index in [4.69, 9.17) is 24.2 Å². The number of carbonyl (C=O) groups is 3. The highest BCUT2D eigenvalue weighted by atomic mass is 16.5. The predicted octanol–water partition coefficient (Wildman–Crippen LogP) is 6.72. The van der Waals surface area contributed by atoms with Crippen molar-refractivity contribution in [2.45, 2.75) is 89.4 Å². The second kappa shape index (κ2) is 16.7. The quantitative estimate of drug-likeness (QED) is 0.101. The normalized spacial score (nSPS) is 19.5. The van der Waals surface area contributed by atoms with Gasteiger partial charge in [-0.2, -0.15) is 0 Å².